The molecule has 1 aliphatic heterocycles. The Hall–Kier alpha value is -2.54. The molecule has 1 saturated heterocycles. The number of aryl methyl sites for hydroxylation is 1. The van der Waals surface area contributed by atoms with Crippen molar-refractivity contribution in [1.29, 1.82) is 0 Å². The minimum absolute atomic E-state index is 0.217. The lowest BCUT2D eigenvalue weighted by Gasteiger charge is -2.29. The van der Waals surface area contributed by atoms with Gasteiger partial charge in [0.15, 0.2) is 0 Å². The first-order chi connectivity index (χ1) is 11.5. The van der Waals surface area contributed by atoms with E-state index in [2.05, 4.69) is 15.0 Å². The first-order valence-corrected chi connectivity index (χ1v) is 7.90. The third-order valence-corrected chi connectivity index (χ3v) is 4.18. The predicted octanol–water partition coefficient (Wildman–Crippen LogP) is 0.893. The summed E-state index contributed by atoms with van der Waals surface area (Å²) in [6, 6.07) is 7.30. The fraction of sp³-hybridized carbons (Fsp3) is 0.412. The Balaban J connectivity index is 1.66. The maximum Gasteiger partial charge on any atom is 0.272 e. The van der Waals surface area contributed by atoms with Crippen LogP contribution < -0.4 is 4.90 Å². The van der Waals surface area contributed by atoms with Crippen molar-refractivity contribution in [2.75, 3.05) is 31.6 Å². The van der Waals surface area contributed by atoms with Crippen LogP contribution in [-0.4, -0.2) is 63.1 Å². The summed E-state index contributed by atoms with van der Waals surface area (Å²) in [4.78, 5) is 28.5. The fourth-order valence-corrected chi connectivity index (χ4v) is 3.01. The second-order valence-corrected chi connectivity index (χ2v) is 6.23. The monoisotopic (exact) mass is 327 g/mol. The second kappa shape index (κ2) is 6.52. The highest BCUT2D eigenvalue weighted by atomic mass is 16.3. The zero-order valence-electron chi connectivity index (χ0n) is 13.9. The largest absolute Gasteiger partial charge is 0.386 e. The molecule has 1 unspecified atom stereocenters. The van der Waals surface area contributed by atoms with E-state index in [1.54, 1.807) is 32.4 Å². The Morgan fingerprint density at radius 3 is 2.88 bits per heavy atom. The van der Waals surface area contributed by atoms with Crippen LogP contribution in [0.4, 0.5) is 5.82 Å². The molecule has 1 N–H and O–H groups in total. The van der Waals surface area contributed by atoms with Gasteiger partial charge in [-0.3, -0.25) is 4.79 Å². The lowest BCUT2D eigenvalue weighted by molar-refractivity contribution is 0.0261. The Kier molecular flexibility index (Phi) is 4.44. The number of aliphatic hydroxyl groups is 1. The molecule has 3 heterocycles. The predicted molar refractivity (Wildman–Crippen MR) is 89.7 cm³/mol. The molecular formula is C17H21N5O2. The van der Waals surface area contributed by atoms with Crippen molar-refractivity contribution < 1.29 is 9.90 Å². The molecule has 126 valence electrons. The molecule has 1 aliphatic rings. The number of nitrogens with zero attached hydrogens (tertiary/aromatic N) is 5. The van der Waals surface area contributed by atoms with Gasteiger partial charge < -0.3 is 14.9 Å². The molecule has 1 atom stereocenters. The number of hydrogen-bond acceptors (Lipinski definition) is 6. The van der Waals surface area contributed by atoms with E-state index in [4.69, 9.17) is 0 Å². The SMILES string of the molecule is Cc1nccc(C(=O)N(C)CC2(O)CCN(c3ccccn3)C2)n1. The molecule has 0 aromatic carbocycles. The summed E-state index contributed by atoms with van der Waals surface area (Å²) in [5, 5.41) is 10.8. The maximum absolute atomic E-state index is 12.5. The van der Waals surface area contributed by atoms with E-state index >= 15 is 0 Å². The topological polar surface area (TPSA) is 82.5 Å². The number of pyridine rings is 1. The van der Waals surface area contributed by atoms with Gasteiger partial charge in [0.2, 0.25) is 0 Å². The number of carbonyl (C=O) groups excluding carboxylic acids is 1. The highest BCUT2D eigenvalue weighted by molar-refractivity contribution is 5.92. The van der Waals surface area contributed by atoms with E-state index in [0.29, 0.717) is 31.0 Å². The number of aromatic nitrogens is 3. The normalized spacial score (nSPS) is 20.2. The summed E-state index contributed by atoms with van der Waals surface area (Å²) in [5.41, 5.74) is -0.613. The van der Waals surface area contributed by atoms with E-state index in [1.165, 1.54) is 4.90 Å². The van der Waals surface area contributed by atoms with Crippen LogP contribution in [0.25, 0.3) is 0 Å². The van der Waals surface area contributed by atoms with Crippen molar-refractivity contribution in [3.05, 3.63) is 48.2 Å². The van der Waals surface area contributed by atoms with Crippen molar-refractivity contribution in [1.82, 2.24) is 19.9 Å². The molecule has 0 spiro atoms. The highest BCUT2D eigenvalue weighted by Crippen LogP contribution is 2.26. The Morgan fingerprint density at radius 1 is 1.33 bits per heavy atom. The van der Waals surface area contributed by atoms with Crippen LogP contribution in [0.1, 0.15) is 22.7 Å². The Bertz CT molecular complexity index is 724. The minimum Gasteiger partial charge on any atom is -0.386 e. The molecule has 24 heavy (non-hydrogen) atoms. The summed E-state index contributed by atoms with van der Waals surface area (Å²) in [6.07, 6.45) is 3.89. The lowest BCUT2D eigenvalue weighted by Crippen LogP contribution is -2.46. The number of amides is 1. The van der Waals surface area contributed by atoms with Crippen LogP contribution in [0.3, 0.4) is 0 Å². The molecule has 7 heteroatoms. The van der Waals surface area contributed by atoms with Crippen LogP contribution in [-0.2, 0) is 0 Å². The summed E-state index contributed by atoms with van der Waals surface area (Å²) >= 11 is 0. The highest BCUT2D eigenvalue weighted by Gasteiger charge is 2.38. The molecule has 7 nitrogen and oxygen atoms in total. The fourth-order valence-electron chi connectivity index (χ4n) is 3.01. The first-order valence-electron chi connectivity index (χ1n) is 7.90. The van der Waals surface area contributed by atoms with Crippen molar-refractivity contribution in [3.8, 4) is 0 Å². The zero-order valence-corrected chi connectivity index (χ0v) is 13.9. The van der Waals surface area contributed by atoms with Gasteiger partial charge in [-0.25, -0.2) is 15.0 Å². The summed E-state index contributed by atoms with van der Waals surface area (Å²) in [7, 11) is 1.68. The molecule has 0 aliphatic carbocycles. The van der Waals surface area contributed by atoms with E-state index in [1.807, 2.05) is 23.1 Å². The van der Waals surface area contributed by atoms with Crippen molar-refractivity contribution in [3.63, 3.8) is 0 Å². The molecule has 1 amide bonds. The third kappa shape index (κ3) is 3.51. The average Bonchev–Trinajstić information content (AvgIpc) is 2.97. The molecule has 2 aromatic rings. The maximum atomic E-state index is 12.5. The second-order valence-electron chi connectivity index (χ2n) is 6.23. The molecule has 2 aromatic heterocycles. The van der Waals surface area contributed by atoms with Crippen molar-refractivity contribution in [2.45, 2.75) is 18.9 Å². The van der Waals surface area contributed by atoms with E-state index in [-0.39, 0.29) is 12.5 Å². The van der Waals surface area contributed by atoms with Crippen LogP contribution >= 0.6 is 0 Å². The molecular weight excluding hydrogens is 306 g/mol. The number of rotatable bonds is 4. The average molecular weight is 327 g/mol. The number of likely N-dealkylation sites (N-methyl/N-ethyl adjacent to an activating group) is 1. The van der Waals surface area contributed by atoms with Crippen LogP contribution in [0.2, 0.25) is 0 Å². The Labute approximate surface area is 141 Å². The van der Waals surface area contributed by atoms with Gasteiger partial charge in [0.05, 0.1) is 6.54 Å². The number of hydrogen-bond donors (Lipinski definition) is 1. The minimum atomic E-state index is -0.954. The first kappa shape index (κ1) is 16.3. The van der Waals surface area contributed by atoms with Crippen molar-refractivity contribution in [2.24, 2.45) is 0 Å². The van der Waals surface area contributed by atoms with Crippen LogP contribution in [0, 0.1) is 6.92 Å². The quantitative estimate of drug-likeness (QED) is 0.898. The molecule has 1 fully saturated rings. The van der Waals surface area contributed by atoms with Gasteiger partial charge in [-0.2, -0.15) is 0 Å². The molecule has 0 radical (unpaired) electrons. The number of β-amino-alcohol motifs (C(OH)–C–C–N with tert-alkyl or cyclic N) is 1. The van der Waals surface area contributed by atoms with Gasteiger partial charge in [-0.05, 0) is 31.5 Å². The number of anilines is 1. The van der Waals surface area contributed by atoms with E-state index < -0.39 is 5.60 Å². The van der Waals surface area contributed by atoms with E-state index in [0.717, 1.165) is 5.82 Å². The van der Waals surface area contributed by atoms with Crippen LogP contribution in [0.5, 0.6) is 0 Å². The third-order valence-electron chi connectivity index (χ3n) is 4.18. The lowest BCUT2D eigenvalue weighted by atomic mass is 10.0. The molecule has 0 saturated carbocycles. The van der Waals surface area contributed by atoms with Crippen LogP contribution in [0.15, 0.2) is 36.7 Å². The van der Waals surface area contributed by atoms with Gasteiger partial charge in [0.1, 0.15) is 22.9 Å². The van der Waals surface area contributed by atoms with Gasteiger partial charge >= 0.3 is 0 Å². The molecule has 0 bridgehead atoms. The van der Waals surface area contributed by atoms with Gasteiger partial charge in [0.25, 0.3) is 5.91 Å². The van der Waals surface area contributed by atoms with Gasteiger partial charge in [0, 0.05) is 32.5 Å². The Morgan fingerprint density at radius 2 is 2.17 bits per heavy atom. The zero-order chi connectivity index (χ0) is 17.2. The van der Waals surface area contributed by atoms with E-state index in [9.17, 15) is 9.90 Å². The summed E-state index contributed by atoms with van der Waals surface area (Å²) in [5.74, 6) is 1.18. The number of carbonyl (C=O) groups is 1. The standard InChI is InChI=1S/C17H21N5O2/c1-13-18-9-6-14(20-13)16(23)21(2)11-17(24)7-10-22(12-17)15-5-3-4-8-19-15/h3-6,8-9,24H,7,10-12H2,1-2H3. The van der Waals surface area contributed by atoms with Crippen molar-refractivity contribution >= 4 is 11.7 Å². The molecule has 3 rings (SSSR count). The summed E-state index contributed by atoms with van der Waals surface area (Å²) in [6.45, 7) is 3.15. The van der Waals surface area contributed by atoms with Gasteiger partial charge in [-0.15, -0.1) is 0 Å². The van der Waals surface area contributed by atoms with Gasteiger partial charge in [-0.1, -0.05) is 6.07 Å². The smallest absolute Gasteiger partial charge is 0.272 e. The summed E-state index contributed by atoms with van der Waals surface area (Å²) < 4.78 is 0.